The minimum absolute atomic E-state index is 0.747. The molecule has 2 aliphatic rings. The predicted molar refractivity (Wildman–Crippen MR) is 69.3 cm³/mol. The summed E-state index contributed by atoms with van der Waals surface area (Å²) < 4.78 is 0. The zero-order chi connectivity index (χ0) is 11.0. The molecule has 2 heteroatoms. The first-order chi connectivity index (χ1) is 7.83. The first-order valence-corrected chi connectivity index (χ1v) is 6.45. The standard InChI is InChI=1S/C14H20N2/c1-11-10-13(16-8-2-3-9-16)6-7-14(11)15-12-4-5-12/h6-7,10,12,15H,2-5,8-9H2,1H3. The molecule has 2 nitrogen and oxygen atoms in total. The number of benzene rings is 1. The van der Waals surface area contributed by atoms with Crippen molar-refractivity contribution in [2.45, 2.75) is 38.6 Å². The summed E-state index contributed by atoms with van der Waals surface area (Å²) in [5, 5.41) is 3.58. The minimum Gasteiger partial charge on any atom is -0.382 e. The first-order valence-electron chi connectivity index (χ1n) is 6.45. The molecular weight excluding hydrogens is 196 g/mol. The van der Waals surface area contributed by atoms with Crippen molar-refractivity contribution in [3.05, 3.63) is 23.8 Å². The highest BCUT2D eigenvalue weighted by molar-refractivity contribution is 5.61. The van der Waals surface area contributed by atoms with E-state index in [1.165, 1.54) is 55.7 Å². The van der Waals surface area contributed by atoms with Gasteiger partial charge in [0.2, 0.25) is 0 Å². The number of rotatable bonds is 3. The van der Waals surface area contributed by atoms with Gasteiger partial charge < -0.3 is 10.2 Å². The molecule has 1 saturated carbocycles. The lowest BCUT2D eigenvalue weighted by atomic mass is 10.1. The van der Waals surface area contributed by atoms with Crippen molar-refractivity contribution in [1.29, 1.82) is 0 Å². The summed E-state index contributed by atoms with van der Waals surface area (Å²) in [6.45, 7) is 4.67. The molecule has 2 fully saturated rings. The number of aryl methyl sites for hydroxylation is 1. The van der Waals surface area contributed by atoms with Gasteiger partial charge >= 0.3 is 0 Å². The molecule has 0 bridgehead atoms. The van der Waals surface area contributed by atoms with Crippen LogP contribution in [0, 0.1) is 6.92 Å². The molecule has 1 aromatic carbocycles. The van der Waals surface area contributed by atoms with Crippen molar-refractivity contribution in [1.82, 2.24) is 0 Å². The summed E-state index contributed by atoms with van der Waals surface area (Å²) in [4.78, 5) is 2.49. The van der Waals surface area contributed by atoms with Gasteiger partial charge in [-0.05, 0) is 56.4 Å². The monoisotopic (exact) mass is 216 g/mol. The van der Waals surface area contributed by atoms with E-state index in [4.69, 9.17) is 0 Å². The molecule has 3 rings (SSSR count). The fraction of sp³-hybridized carbons (Fsp3) is 0.571. The molecule has 0 spiro atoms. The Morgan fingerprint density at radius 1 is 1.19 bits per heavy atom. The molecule has 1 aliphatic heterocycles. The van der Waals surface area contributed by atoms with Gasteiger partial charge in [0.15, 0.2) is 0 Å². The summed E-state index contributed by atoms with van der Waals surface area (Å²) >= 11 is 0. The number of anilines is 2. The molecule has 1 N–H and O–H groups in total. The van der Waals surface area contributed by atoms with Crippen molar-refractivity contribution < 1.29 is 0 Å². The van der Waals surface area contributed by atoms with Crippen LogP contribution in [0.25, 0.3) is 0 Å². The highest BCUT2D eigenvalue weighted by atomic mass is 15.1. The van der Waals surface area contributed by atoms with Gasteiger partial charge in [0.1, 0.15) is 0 Å². The fourth-order valence-electron chi connectivity index (χ4n) is 2.43. The molecular formula is C14H20N2. The van der Waals surface area contributed by atoms with Gasteiger partial charge in [0, 0.05) is 30.5 Å². The quantitative estimate of drug-likeness (QED) is 0.835. The molecule has 0 radical (unpaired) electrons. The van der Waals surface area contributed by atoms with Crippen LogP contribution in [0.4, 0.5) is 11.4 Å². The molecule has 1 heterocycles. The van der Waals surface area contributed by atoms with Crippen LogP contribution in [0.15, 0.2) is 18.2 Å². The van der Waals surface area contributed by atoms with E-state index in [1.54, 1.807) is 0 Å². The van der Waals surface area contributed by atoms with Crippen LogP contribution >= 0.6 is 0 Å². The number of hydrogen-bond acceptors (Lipinski definition) is 2. The second-order valence-electron chi connectivity index (χ2n) is 5.11. The normalized spacial score (nSPS) is 20.2. The van der Waals surface area contributed by atoms with Crippen LogP contribution in [0.3, 0.4) is 0 Å². The van der Waals surface area contributed by atoms with Gasteiger partial charge in [-0.3, -0.25) is 0 Å². The van der Waals surface area contributed by atoms with E-state index in [-0.39, 0.29) is 0 Å². The second-order valence-corrected chi connectivity index (χ2v) is 5.11. The molecule has 1 aromatic rings. The smallest absolute Gasteiger partial charge is 0.0373 e. The number of nitrogens with zero attached hydrogens (tertiary/aromatic N) is 1. The first kappa shape index (κ1) is 10.0. The third-order valence-corrected chi connectivity index (χ3v) is 3.62. The Labute approximate surface area is 97.6 Å². The largest absolute Gasteiger partial charge is 0.382 e. The van der Waals surface area contributed by atoms with Gasteiger partial charge in [-0.25, -0.2) is 0 Å². The Kier molecular flexibility index (Phi) is 2.50. The Morgan fingerprint density at radius 2 is 1.94 bits per heavy atom. The van der Waals surface area contributed by atoms with E-state index in [0.717, 1.165) is 6.04 Å². The molecule has 0 amide bonds. The van der Waals surface area contributed by atoms with E-state index in [9.17, 15) is 0 Å². The molecule has 0 aromatic heterocycles. The SMILES string of the molecule is Cc1cc(N2CCCC2)ccc1NC1CC1. The van der Waals surface area contributed by atoms with E-state index in [0.29, 0.717) is 0 Å². The molecule has 0 unspecified atom stereocenters. The molecule has 1 aliphatic carbocycles. The predicted octanol–water partition coefficient (Wildman–Crippen LogP) is 3.17. The van der Waals surface area contributed by atoms with Crippen LogP contribution in [-0.4, -0.2) is 19.1 Å². The zero-order valence-electron chi connectivity index (χ0n) is 10.00. The maximum atomic E-state index is 3.58. The Bertz CT molecular complexity index is 376. The van der Waals surface area contributed by atoms with Gasteiger partial charge in [0.25, 0.3) is 0 Å². The van der Waals surface area contributed by atoms with Gasteiger partial charge in [-0.2, -0.15) is 0 Å². The minimum atomic E-state index is 0.747. The summed E-state index contributed by atoms with van der Waals surface area (Å²) in [6, 6.07) is 7.59. The maximum absolute atomic E-state index is 3.58. The van der Waals surface area contributed by atoms with Crippen molar-refractivity contribution in [2.24, 2.45) is 0 Å². The topological polar surface area (TPSA) is 15.3 Å². The summed E-state index contributed by atoms with van der Waals surface area (Å²) in [6.07, 6.45) is 5.38. The van der Waals surface area contributed by atoms with Crippen molar-refractivity contribution in [3.8, 4) is 0 Å². The summed E-state index contributed by atoms with van der Waals surface area (Å²) in [5.74, 6) is 0. The Hall–Kier alpha value is -1.18. The van der Waals surface area contributed by atoms with Crippen LogP contribution in [0.1, 0.15) is 31.2 Å². The lowest BCUT2D eigenvalue weighted by Gasteiger charge is -2.19. The Morgan fingerprint density at radius 3 is 2.56 bits per heavy atom. The van der Waals surface area contributed by atoms with Crippen molar-refractivity contribution >= 4 is 11.4 Å². The third kappa shape index (κ3) is 2.01. The van der Waals surface area contributed by atoms with E-state index >= 15 is 0 Å². The molecule has 16 heavy (non-hydrogen) atoms. The summed E-state index contributed by atoms with van der Waals surface area (Å²) in [7, 11) is 0. The van der Waals surface area contributed by atoms with Gasteiger partial charge in [-0.15, -0.1) is 0 Å². The Balaban J connectivity index is 1.77. The average Bonchev–Trinajstić information content (AvgIpc) is 2.94. The highest BCUT2D eigenvalue weighted by Crippen LogP contribution is 2.29. The number of hydrogen-bond donors (Lipinski definition) is 1. The molecule has 0 atom stereocenters. The van der Waals surface area contributed by atoms with E-state index in [2.05, 4.69) is 35.3 Å². The average molecular weight is 216 g/mol. The second kappa shape index (κ2) is 4.00. The van der Waals surface area contributed by atoms with Crippen LogP contribution < -0.4 is 10.2 Å². The van der Waals surface area contributed by atoms with Crippen LogP contribution in [0.5, 0.6) is 0 Å². The van der Waals surface area contributed by atoms with Gasteiger partial charge in [0.05, 0.1) is 0 Å². The molecule has 86 valence electrons. The lowest BCUT2D eigenvalue weighted by molar-refractivity contribution is 0.949. The molecule has 1 saturated heterocycles. The van der Waals surface area contributed by atoms with E-state index in [1.807, 2.05) is 0 Å². The maximum Gasteiger partial charge on any atom is 0.0373 e. The van der Waals surface area contributed by atoms with Crippen LogP contribution in [-0.2, 0) is 0 Å². The lowest BCUT2D eigenvalue weighted by Crippen LogP contribution is -2.17. The van der Waals surface area contributed by atoms with Gasteiger partial charge in [-0.1, -0.05) is 0 Å². The van der Waals surface area contributed by atoms with E-state index < -0.39 is 0 Å². The number of nitrogens with one attached hydrogen (secondary N) is 1. The van der Waals surface area contributed by atoms with Crippen molar-refractivity contribution in [3.63, 3.8) is 0 Å². The van der Waals surface area contributed by atoms with Crippen molar-refractivity contribution in [2.75, 3.05) is 23.3 Å². The zero-order valence-corrected chi connectivity index (χ0v) is 10.00. The van der Waals surface area contributed by atoms with Crippen LogP contribution in [0.2, 0.25) is 0 Å². The third-order valence-electron chi connectivity index (χ3n) is 3.62. The highest BCUT2D eigenvalue weighted by Gasteiger charge is 2.21. The fourth-order valence-corrected chi connectivity index (χ4v) is 2.43. The summed E-state index contributed by atoms with van der Waals surface area (Å²) in [5.41, 5.74) is 4.11.